The van der Waals surface area contributed by atoms with Crippen LogP contribution in [0.25, 0.3) is 5.65 Å². The number of nitrogens with one attached hydrogen (secondary N) is 2. The fourth-order valence-corrected chi connectivity index (χ4v) is 3.47. The van der Waals surface area contributed by atoms with Gasteiger partial charge in [-0.25, -0.2) is 15.8 Å². The summed E-state index contributed by atoms with van der Waals surface area (Å²) in [4.78, 5) is 15.6. The Morgan fingerprint density at radius 2 is 2.35 bits per heavy atom. The highest BCUT2D eigenvalue weighted by Gasteiger charge is 2.45. The Morgan fingerprint density at radius 1 is 1.50 bits per heavy atom. The van der Waals surface area contributed by atoms with Gasteiger partial charge in [-0.15, -0.1) is 0 Å². The molecule has 20 heavy (non-hydrogen) atoms. The standard InChI is InChI=1S/C15H18N4O/c1-10-13(9-20)19-6-4-11(7-14(19)16-10)12-3-2-5-15(8-12)17-18-15/h4,6-7,9,12,17-18H,2-3,5,8H2,1H3. The van der Waals surface area contributed by atoms with Gasteiger partial charge in [-0.1, -0.05) is 0 Å². The van der Waals surface area contributed by atoms with Crippen molar-refractivity contribution in [3.05, 3.63) is 35.3 Å². The molecule has 1 aliphatic heterocycles. The average molecular weight is 270 g/mol. The van der Waals surface area contributed by atoms with Gasteiger partial charge in [0.1, 0.15) is 11.3 Å². The molecule has 0 bridgehead atoms. The molecule has 5 heteroatoms. The van der Waals surface area contributed by atoms with Crippen molar-refractivity contribution in [3.63, 3.8) is 0 Å². The minimum atomic E-state index is 0.189. The second-order valence-electron chi connectivity index (χ2n) is 6.01. The van der Waals surface area contributed by atoms with Crippen LogP contribution in [-0.2, 0) is 0 Å². The van der Waals surface area contributed by atoms with Crippen molar-refractivity contribution in [3.8, 4) is 0 Å². The number of rotatable bonds is 2. The summed E-state index contributed by atoms with van der Waals surface area (Å²) in [6.45, 7) is 1.88. The van der Waals surface area contributed by atoms with E-state index in [-0.39, 0.29) is 5.66 Å². The Hall–Kier alpha value is -1.72. The van der Waals surface area contributed by atoms with Gasteiger partial charge in [0.2, 0.25) is 0 Å². The number of hydrazine groups is 1. The van der Waals surface area contributed by atoms with Crippen LogP contribution in [0.15, 0.2) is 18.3 Å². The van der Waals surface area contributed by atoms with Gasteiger partial charge in [-0.2, -0.15) is 0 Å². The van der Waals surface area contributed by atoms with E-state index in [0.717, 1.165) is 24.0 Å². The first kappa shape index (κ1) is 12.1. The summed E-state index contributed by atoms with van der Waals surface area (Å²) >= 11 is 0. The summed E-state index contributed by atoms with van der Waals surface area (Å²) in [5.41, 5.74) is 10.4. The molecular formula is C15H18N4O. The van der Waals surface area contributed by atoms with Crippen molar-refractivity contribution in [1.82, 2.24) is 20.2 Å². The van der Waals surface area contributed by atoms with Crippen LogP contribution < -0.4 is 10.9 Å². The lowest BCUT2D eigenvalue weighted by Gasteiger charge is -2.27. The highest BCUT2D eigenvalue weighted by Crippen LogP contribution is 2.40. The van der Waals surface area contributed by atoms with Crippen LogP contribution in [0, 0.1) is 6.92 Å². The summed E-state index contributed by atoms with van der Waals surface area (Å²) in [5, 5.41) is 0. The number of aryl methyl sites for hydroxylation is 1. The largest absolute Gasteiger partial charge is 0.297 e. The van der Waals surface area contributed by atoms with Gasteiger partial charge < -0.3 is 0 Å². The smallest absolute Gasteiger partial charge is 0.168 e. The van der Waals surface area contributed by atoms with Crippen molar-refractivity contribution in [2.45, 2.75) is 44.2 Å². The summed E-state index contributed by atoms with van der Waals surface area (Å²) in [6.07, 6.45) is 7.66. The number of hydrogen-bond donors (Lipinski definition) is 2. The zero-order valence-electron chi connectivity index (χ0n) is 11.5. The number of imidazole rings is 1. The van der Waals surface area contributed by atoms with Crippen LogP contribution >= 0.6 is 0 Å². The molecule has 1 spiro atoms. The minimum absolute atomic E-state index is 0.189. The third-order valence-corrected chi connectivity index (χ3v) is 4.68. The normalized spacial score (nSPS) is 24.1. The quantitative estimate of drug-likeness (QED) is 0.645. The molecule has 1 unspecified atom stereocenters. The molecule has 1 atom stereocenters. The van der Waals surface area contributed by atoms with E-state index in [9.17, 15) is 4.79 Å². The van der Waals surface area contributed by atoms with Crippen LogP contribution in [0.1, 0.15) is 53.3 Å². The molecule has 2 fully saturated rings. The first-order chi connectivity index (χ1) is 9.71. The summed E-state index contributed by atoms with van der Waals surface area (Å²) in [5.74, 6) is 0.563. The average Bonchev–Trinajstić information content (AvgIpc) is 3.11. The molecule has 104 valence electrons. The predicted octanol–water partition coefficient (Wildman–Crippen LogP) is 1.92. The number of aromatic nitrogens is 2. The lowest BCUT2D eigenvalue weighted by molar-refractivity contribution is 0.111. The van der Waals surface area contributed by atoms with Crippen LogP contribution in [0.5, 0.6) is 0 Å². The Morgan fingerprint density at radius 3 is 3.10 bits per heavy atom. The first-order valence-corrected chi connectivity index (χ1v) is 7.19. The fourth-order valence-electron chi connectivity index (χ4n) is 3.47. The maximum absolute atomic E-state index is 11.1. The lowest BCUT2D eigenvalue weighted by Crippen LogP contribution is -2.26. The number of fused-ring (bicyclic) bond motifs is 1. The van der Waals surface area contributed by atoms with Gasteiger partial charge in [0, 0.05) is 6.20 Å². The van der Waals surface area contributed by atoms with E-state index in [1.165, 1.54) is 24.8 Å². The summed E-state index contributed by atoms with van der Waals surface area (Å²) in [7, 11) is 0. The van der Waals surface area contributed by atoms with Crippen molar-refractivity contribution >= 4 is 11.9 Å². The maximum atomic E-state index is 11.1. The molecule has 2 aromatic rings. The molecular weight excluding hydrogens is 252 g/mol. The van der Waals surface area contributed by atoms with E-state index in [0.29, 0.717) is 11.6 Å². The third kappa shape index (κ3) is 1.77. The Kier molecular flexibility index (Phi) is 2.49. The first-order valence-electron chi connectivity index (χ1n) is 7.19. The van der Waals surface area contributed by atoms with E-state index >= 15 is 0 Å². The molecule has 1 aliphatic carbocycles. The predicted molar refractivity (Wildman–Crippen MR) is 75.5 cm³/mol. The zero-order valence-corrected chi connectivity index (χ0v) is 11.5. The molecule has 1 saturated heterocycles. The molecule has 0 aromatic carbocycles. The molecule has 0 amide bonds. The summed E-state index contributed by atoms with van der Waals surface area (Å²) < 4.78 is 1.87. The number of carbonyl (C=O) groups is 1. The SMILES string of the molecule is Cc1nc2cc(C3CCCC4(C3)NN4)ccn2c1C=O. The molecule has 4 rings (SSSR count). The van der Waals surface area contributed by atoms with Gasteiger partial charge >= 0.3 is 0 Å². The second-order valence-corrected chi connectivity index (χ2v) is 6.01. The highest BCUT2D eigenvalue weighted by atomic mass is 16.1. The van der Waals surface area contributed by atoms with E-state index in [2.05, 4.69) is 28.0 Å². The van der Waals surface area contributed by atoms with Crippen molar-refractivity contribution in [1.29, 1.82) is 0 Å². The molecule has 3 heterocycles. The van der Waals surface area contributed by atoms with Crippen LogP contribution in [0.3, 0.4) is 0 Å². The van der Waals surface area contributed by atoms with Gasteiger partial charge in [0.25, 0.3) is 0 Å². The zero-order chi connectivity index (χ0) is 13.7. The van der Waals surface area contributed by atoms with Crippen molar-refractivity contribution in [2.75, 3.05) is 0 Å². The van der Waals surface area contributed by atoms with Crippen LogP contribution in [0.2, 0.25) is 0 Å². The Labute approximate surface area is 117 Å². The number of hydrogen-bond acceptors (Lipinski definition) is 4. The molecule has 2 aromatic heterocycles. The van der Waals surface area contributed by atoms with Gasteiger partial charge in [0.05, 0.1) is 11.4 Å². The maximum Gasteiger partial charge on any atom is 0.168 e. The third-order valence-electron chi connectivity index (χ3n) is 4.68. The van der Waals surface area contributed by atoms with Gasteiger partial charge in [-0.3, -0.25) is 9.20 Å². The second kappa shape index (κ2) is 4.14. The molecule has 2 N–H and O–H groups in total. The van der Waals surface area contributed by atoms with Gasteiger partial charge in [-0.05, 0) is 56.2 Å². The topological polar surface area (TPSA) is 78.2 Å². The van der Waals surface area contributed by atoms with Crippen LogP contribution in [0.4, 0.5) is 0 Å². The van der Waals surface area contributed by atoms with E-state index < -0.39 is 0 Å². The minimum Gasteiger partial charge on any atom is -0.297 e. The Bertz CT molecular complexity index is 686. The molecule has 2 aliphatic rings. The van der Waals surface area contributed by atoms with Crippen molar-refractivity contribution in [2.24, 2.45) is 0 Å². The lowest BCUT2D eigenvalue weighted by atomic mass is 9.80. The highest BCUT2D eigenvalue weighted by molar-refractivity contribution is 5.76. The molecule has 5 nitrogen and oxygen atoms in total. The summed E-state index contributed by atoms with van der Waals surface area (Å²) in [6, 6.07) is 4.26. The van der Waals surface area contributed by atoms with Gasteiger partial charge in [0.15, 0.2) is 6.29 Å². The number of carbonyl (C=O) groups excluding carboxylic acids is 1. The monoisotopic (exact) mass is 270 g/mol. The number of pyridine rings is 1. The van der Waals surface area contributed by atoms with E-state index in [4.69, 9.17) is 0 Å². The number of aldehydes is 1. The Balaban J connectivity index is 1.72. The fraction of sp³-hybridized carbons (Fsp3) is 0.467. The van der Waals surface area contributed by atoms with Crippen molar-refractivity contribution < 1.29 is 4.79 Å². The number of nitrogens with zero attached hydrogens (tertiary/aromatic N) is 2. The van der Waals surface area contributed by atoms with Crippen LogP contribution in [-0.4, -0.2) is 21.3 Å². The molecule has 1 saturated carbocycles. The van der Waals surface area contributed by atoms with E-state index in [1.807, 2.05) is 17.5 Å². The molecule has 0 radical (unpaired) electrons. The van der Waals surface area contributed by atoms with E-state index in [1.54, 1.807) is 0 Å².